The van der Waals surface area contributed by atoms with Crippen molar-refractivity contribution in [3.8, 4) is 0 Å². The predicted molar refractivity (Wildman–Crippen MR) is 49.4 cm³/mol. The van der Waals surface area contributed by atoms with Crippen LogP contribution >= 0.6 is 22.6 Å². The van der Waals surface area contributed by atoms with Gasteiger partial charge < -0.3 is 0 Å². The summed E-state index contributed by atoms with van der Waals surface area (Å²) in [6, 6.07) is 0. The Morgan fingerprint density at radius 1 is 1.45 bits per heavy atom. The summed E-state index contributed by atoms with van der Waals surface area (Å²) in [5.41, 5.74) is 0. The van der Waals surface area contributed by atoms with E-state index in [9.17, 15) is 13.2 Å². The van der Waals surface area contributed by atoms with Crippen molar-refractivity contribution in [2.75, 3.05) is 0 Å². The molecule has 0 aromatic carbocycles. The molecule has 1 atom stereocenters. The Morgan fingerprint density at radius 2 is 2.00 bits per heavy atom. The zero-order valence-electron chi connectivity index (χ0n) is 4.87. The van der Waals surface area contributed by atoms with Gasteiger partial charge in [-0.15, -0.1) is 0 Å². The molecule has 0 N–H and O–H groups in total. The average molecular weight is 286 g/mol. The molecule has 0 bridgehead atoms. The molecule has 1 rings (SSSR count). The summed E-state index contributed by atoms with van der Waals surface area (Å²) in [7, 11) is 0. The Balaban J connectivity index is 0.000001000. The summed E-state index contributed by atoms with van der Waals surface area (Å²) in [6.45, 7) is 0. The molecule has 0 fully saturated rings. The van der Waals surface area contributed by atoms with Crippen molar-refractivity contribution >= 4 is 45.6 Å². The number of hydrogen-bond donors (Lipinski definition) is 0. The fourth-order valence-electron chi connectivity index (χ4n) is 0.720. The van der Waals surface area contributed by atoms with Gasteiger partial charge >= 0.3 is 23.1 Å². The van der Waals surface area contributed by atoms with Crippen LogP contribution in [0.1, 0.15) is 6.42 Å². The van der Waals surface area contributed by atoms with E-state index in [1.54, 1.807) is 0 Å². The Kier molecular flexibility index (Phi) is 4.42. The Labute approximate surface area is 92.2 Å². The summed E-state index contributed by atoms with van der Waals surface area (Å²) >= 11 is 1.36. The minimum Gasteiger partial charge on any atom is -0.227 e. The highest BCUT2D eigenvalue weighted by Gasteiger charge is 2.28. The molecule has 1 aliphatic rings. The zero-order chi connectivity index (χ0) is 7.78. The van der Waals surface area contributed by atoms with E-state index in [1.165, 1.54) is 22.6 Å². The van der Waals surface area contributed by atoms with Gasteiger partial charge in [-0.1, -0.05) is 0 Å². The first kappa shape index (κ1) is 11.8. The van der Waals surface area contributed by atoms with Crippen molar-refractivity contribution in [1.29, 1.82) is 0 Å². The van der Waals surface area contributed by atoms with Gasteiger partial charge in [-0.2, -0.15) is 0 Å². The van der Waals surface area contributed by atoms with Gasteiger partial charge in [-0.05, 0) is 28.7 Å². The maximum Gasteiger partial charge on any atom is 0.316 e. The smallest absolute Gasteiger partial charge is 0.227 e. The van der Waals surface area contributed by atoms with Crippen LogP contribution in [-0.4, -0.2) is 26.7 Å². The van der Waals surface area contributed by atoms with Crippen molar-refractivity contribution < 1.29 is 13.2 Å². The summed E-state index contributed by atoms with van der Waals surface area (Å²) < 4.78 is 35.4. The first-order chi connectivity index (χ1) is 4.49. The number of halogens is 4. The van der Waals surface area contributed by atoms with Crippen LogP contribution < -0.4 is 0 Å². The molecule has 0 saturated heterocycles. The molecule has 0 aliphatic heterocycles. The summed E-state index contributed by atoms with van der Waals surface area (Å²) in [5, 5.41) is 0. The molecule has 11 heavy (non-hydrogen) atoms. The quantitative estimate of drug-likeness (QED) is 0.364. The van der Waals surface area contributed by atoms with Crippen molar-refractivity contribution in [3.05, 3.63) is 23.8 Å². The molecule has 1 aliphatic carbocycles. The van der Waals surface area contributed by atoms with Gasteiger partial charge in [0.25, 0.3) is 0 Å². The largest absolute Gasteiger partial charge is 0.316 e. The van der Waals surface area contributed by atoms with E-state index in [4.69, 9.17) is 0 Å². The molecule has 0 heterocycles. The number of allylic oxidation sites excluding steroid dienone is 4. The Hall–Kier alpha value is 0.766. The molecule has 0 aromatic heterocycles. The predicted octanol–water partition coefficient (Wildman–Crippen LogP) is 2.28. The van der Waals surface area contributed by atoms with E-state index in [0.717, 1.165) is 6.08 Å². The topological polar surface area (TPSA) is 0 Å². The minimum atomic E-state index is -1.89. The van der Waals surface area contributed by atoms with Crippen LogP contribution in [0.5, 0.6) is 0 Å². The van der Waals surface area contributed by atoms with Crippen LogP contribution in [0.25, 0.3) is 0 Å². The lowest BCUT2D eigenvalue weighted by Gasteiger charge is -2.15. The number of hydrogen-bond acceptors (Lipinski definition) is 0. The highest BCUT2D eigenvalue weighted by Crippen LogP contribution is 2.36. The van der Waals surface area contributed by atoms with Crippen LogP contribution in [0.3, 0.4) is 0 Å². The minimum absolute atomic E-state index is 0. The molecule has 5 heteroatoms. The molecular weight excluding hydrogens is 280 g/mol. The van der Waals surface area contributed by atoms with Gasteiger partial charge in [-0.25, -0.2) is 13.2 Å². The van der Waals surface area contributed by atoms with Crippen LogP contribution in [0.15, 0.2) is 23.8 Å². The SMILES string of the molecule is FC1=CC(F)(I)CC(F)=C1.[MgH2]. The maximum atomic E-state index is 12.8. The second kappa shape index (κ2) is 4.13. The molecule has 1 unspecified atom stereocenters. The standard InChI is InChI=1S/C6H4F3I.Mg.2H/c7-4-1-5(8)3-6(9,10)2-4;;;/h1-2H,3H2;;;. The highest BCUT2D eigenvalue weighted by atomic mass is 127. The number of alkyl halides is 2. The van der Waals surface area contributed by atoms with Gasteiger partial charge in [0, 0.05) is 12.5 Å². The number of rotatable bonds is 0. The second-order valence-corrected chi connectivity index (χ2v) is 3.85. The fourth-order valence-corrected chi connectivity index (χ4v) is 1.38. The van der Waals surface area contributed by atoms with E-state index in [1.807, 2.05) is 0 Å². The van der Waals surface area contributed by atoms with E-state index < -0.39 is 15.3 Å². The lowest BCUT2D eigenvalue weighted by Crippen LogP contribution is -2.12. The third kappa shape index (κ3) is 3.79. The molecule has 60 valence electrons. The van der Waals surface area contributed by atoms with E-state index in [-0.39, 0.29) is 29.5 Å². The maximum absolute atomic E-state index is 12.8. The molecule has 0 amide bonds. The van der Waals surface area contributed by atoms with Crippen LogP contribution in [0.4, 0.5) is 13.2 Å². The lowest BCUT2D eigenvalue weighted by molar-refractivity contribution is 0.341. The highest BCUT2D eigenvalue weighted by molar-refractivity contribution is 14.1. The van der Waals surface area contributed by atoms with Crippen LogP contribution in [0.2, 0.25) is 0 Å². The lowest BCUT2D eigenvalue weighted by atomic mass is 10.1. The second-order valence-electron chi connectivity index (χ2n) is 2.06. The average Bonchev–Trinajstić information content (AvgIpc) is 1.54. The fraction of sp³-hybridized carbons (Fsp3) is 0.333. The van der Waals surface area contributed by atoms with Crippen LogP contribution in [-0.2, 0) is 0 Å². The molecule has 0 spiro atoms. The molecule has 0 aromatic rings. The van der Waals surface area contributed by atoms with Gasteiger partial charge in [0.05, 0.1) is 0 Å². The molecule has 0 nitrogen and oxygen atoms in total. The van der Waals surface area contributed by atoms with E-state index >= 15 is 0 Å². The van der Waals surface area contributed by atoms with Gasteiger partial charge in [0.2, 0.25) is 0 Å². The first-order valence-corrected chi connectivity index (χ1v) is 3.70. The van der Waals surface area contributed by atoms with E-state index in [2.05, 4.69) is 0 Å². The van der Waals surface area contributed by atoms with Gasteiger partial charge in [-0.3, -0.25) is 0 Å². The first-order valence-electron chi connectivity index (χ1n) is 2.62. The summed E-state index contributed by atoms with van der Waals surface area (Å²) in [6.07, 6.45) is 1.08. The summed E-state index contributed by atoms with van der Waals surface area (Å²) in [5.74, 6) is -1.60. The third-order valence-corrected chi connectivity index (χ3v) is 1.74. The van der Waals surface area contributed by atoms with Crippen molar-refractivity contribution in [2.24, 2.45) is 0 Å². The molecule has 0 radical (unpaired) electrons. The molecular formula is C6H6F3IMg. The Bertz CT molecular complexity index is 210. The van der Waals surface area contributed by atoms with Crippen molar-refractivity contribution in [2.45, 2.75) is 10.1 Å². The van der Waals surface area contributed by atoms with Crippen LogP contribution in [0, 0.1) is 0 Å². The zero-order valence-corrected chi connectivity index (χ0v) is 7.03. The Morgan fingerprint density at radius 3 is 2.36 bits per heavy atom. The van der Waals surface area contributed by atoms with Crippen molar-refractivity contribution in [1.82, 2.24) is 0 Å². The summed E-state index contributed by atoms with van der Waals surface area (Å²) in [4.78, 5) is 0. The van der Waals surface area contributed by atoms with Gasteiger partial charge in [0.15, 0.2) is 3.68 Å². The van der Waals surface area contributed by atoms with Gasteiger partial charge in [0.1, 0.15) is 11.7 Å². The van der Waals surface area contributed by atoms with E-state index in [0.29, 0.717) is 6.08 Å². The normalized spacial score (nSPS) is 30.2. The van der Waals surface area contributed by atoms with Crippen molar-refractivity contribution in [3.63, 3.8) is 0 Å². The third-order valence-electron chi connectivity index (χ3n) is 1.05. The monoisotopic (exact) mass is 286 g/mol. The molecule has 0 saturated carbocycles.